The van der Waals surface area contributed by atoms with E-state index in [9.17, 15) is 4.79 Å². The molecule has 124 valence electrons. The third kappa shape index (κ3) is 3.29. The lowest BCUT2D eigenvalue weighted by Crippen LogP contribution is -2.49. The van der Waals surface area contributed by atoms with Crippen molar-refractivity contribution >= 4 is 5.91 Å². The van der Waals surface area contributed by atoms with Gasteiger partial charge in [-0.15, -0.1) is 0 Å². The summed E-state index contributed by atoms with van der Waals surface area (Å²) in [4.78, 5) is 19.4. The number of rotatable bonds is 5. The fraction of sp³-hybridized carbons (Fsp3) is 0.562. The number of hydrogen-bond acceptors (Lipinski definition) is 4. The first-order valence-corrected chi connectivity index (χ1v) is 8.14. The number of aromatic amines is 1. The van der Waals surface area contributed by atoms with Gasteiger partial charge in [0.15, 0.2) is 0 Å². The maximum absolute atomic E-state index is 11.9. The standard InChI is InChI=1S/C16H24N6O/c1-10(2)22-13(6-7-19-22)15-12(4-5-14(23)21-15)20-11(3)16-17-8-9-18-16/h6-12,15,20H,4-5H2,1-3H3,(H,17,18)(H,21,23)/t11?,12-,15-/m1/s1. The largest absolute Gasteiger partial charge is 0.347 e. The Labute approximate surface area is 135 Å². The van der Waals surface area contributed by atoms with Crippen molar-refractivity contribution in [1.82, 2.24) is 30.4 Å². The fourth-order valence-corrected chi connectivity index (χ4v) is 3.18. The number of imidazole rings is 1. The van der Waals surface area contributed by atoms with E-state index in [1.165, 1.54) is 0 Å². The van der Waals surface area contributed by atoms with Gasteiger partial charge in [-0.3, -0.25) is 9.48 Å². The van der Waals surface area contributed by atoms with Crippen LogP contribution in [0.1, 0.15) is 63.3 Å². The van der Waals surface area contributed by atoms with E-state index < -0.39 is 0 Å². The van der Waals surface area contributed by atoms with Gasteiger partial charge in [0.1, 0.15) is 5.82 Å². The Bertz CT molecular complexity index is 647. The summed E-state index contributed by atoms with van der Waals surface area (Å²) >= 11 is 0. The Morgan fingerprint density at radius 1 is 1.35 bits per heavy atom. The van der Waals surface area contributed by atoms with Gasteiger partial charge in [0, 0.05) is 37.1 Å². The number of nitrogens with zero attached hydrogens (tertiary/aromatic N) is 3. The van der Waals surface area contributed by atoms with Crippen LogP contribution in [0.4, 0.5) is 0 Å². The summed E-state index contributed by atoms with van der Waals surface area (Å²) in [6, 6.07) is 2.38. The van der Waals surface area contributed by atoms with Gasteiger partial charge in [-0.1, -0.05) is 0 Å². The number of amides is 1. The van der Waals surface area contributed by atoms with Gasteiger partial charge in [-0.05, 0) is 33.3 Å². The summed E-state index contributed by atoms with van der Waals surface area (Å²) in [5.41, 5.74) is 1.04. The monoisotopic (exact) mass is 316 g/mol. The summed E-state index contributed by atoms with van der Waals surface area (Å²) in [7, 11) is 0. The molecule has 0 aromatic carbocycles. The summed E-state index contributed by atoms with van der Waals surface area (Å²) < 4.78 is 1.97. The molecule has 0 spiro atoms. The predicted molar refractivity (Wildman–Crippen MR) is 86.7 cm³/mol. The van der Waals surface area contributed by atoms with E-state index in [4.69, 9.17) is 0 Å². The highest BCUT2D eigenvalue weighted by Crippen LogP contribution is 2.27. The second kappa shape index (κ2) is 6.54. The molecule has 1 aliphatic rings. The summed E-state index contributed by atoms with van der Waals surface area (Å²) in [6.45, 7) is 6.26. The minimum Gasteiger partial charge on any atom is -0.347 e. The molecule has 3 rings (SSSR count). The lowest BCUT2D eigenvalue weighted by atomic mass is 9.94. The van der Waals surface area contributed by atoms with Crippen molar-refractivity contribution in [2.75, 3.05) is 0 Å². The number of carbonyl (C=O) groups excluding carboxylic acids is 1. The van der Waals surface area contributed by atoms with Crippen LogP contribution >= 0.6 is 0 Å². The molecule has 1 saturated heterocycles. The van der Waals surface area contributed by atoms with Crippen LogP contribution in [0.5, 0.6) is 0 Å². The molecule has 0 saturated carbocycles. The van der Waals surface area contributed by atoms with Crippen LogP contribution in [-0.4, -0.2) is 31.7 Å². The van der Waals surface area contributed by atoms with Crippen molar-refractivity contribution in [2.45, 2.75) is 57.8 Å². The fourth-order valence-electron chi connectivity index (χ4n) is 3.18. The summed E-state index contributed by atoms with van der Waals surface area (Å²) in [5, 5.41) is 11.1. The molecule has 2 aromatic heterocycles. The Morgan fingerprint density at radius 2 is 2.17 bits per heavy atom. The van der Waals surface area contributed by atoms with E-state index >= 15 is 0 Å². The van der Waals surface area contributed by atoms with Gasteiger partial charge < -0.3 is 15.6 Å². The number of nitrogens with one attached hydrogen (secondary N) is 3. The molecule has 0 radical (unpaired) electrons. The second-order valence-electron chi connectivity index (χ2n) is 6.35. The van der Waals surface area contributed by atoms with Crippen molar-refractivity contribution in [3.63, 3.8) is 0 Å². The van der Waals surface area contributed by atoms with E-state index in [1.807, 2.05) is 16.9 Å². The molecule has 23 heavy (non-hydrogen) atoms. The Balaban J connectivity index is 1.82. The summed E-state index contributed by atoms with van der Waals surface area (Å²) in [6.07, 6.45) is 6.70. The molecule has 1 fully saturated rings. The Hall–Kier alpha value is -2.15. The molecule has 0 bridgehead atoms. The lowest BCUT2D eigenvalue weighted by Gasteiger charge is -2.35. The van der Waals surface area contributed by atoms with Crippen molar-refractivity contribution in [3.8, 4) is 0 Å². The number of carbonyl (C=O) groups is 1. The number of hydrogen-bond donors (Lipinski definition) is 3. The second-order valence-corrected chi connectivity index (χ2v) is 6.35. The molecule has 1 aliphatic heterocycles. The third-order valence-electron chi connectivity index (χ3n) is 4.30. The molecule has 3 atom stereocenters. The highest BCUT2D eigenvalue weighted by atomic mass is 16.1. The molecule has 1 unspecified atom stereocenters. The highest BCUT2D eigenvalue weighted by Gasteiger charge is 2.33. The van der Waals surface area contributed by atoms with Gasteiger partial charge in [0.05, 0.1) is 17.8 Å². The van der Waals surface area contributed by atoms with Crippen LogP contribution in [0.15, 0.2) is 24.7 Å². The maximum atomic E-state index is 11.9. The minimum atomic E-state index is -0.0847. The van der Waals surface area contributed by atoms with Crippen LogP contribution in [-0.2, 0) is 4.79 Å². The van der Waals surface area contributed by atoms with E-state index in [-0.39, 0.29) is 30.1 Å². The van der Waals surface area contributed by atoms with E-state index in [2.05, 4.69) is 46.5 Å². The van der Waals surface area contributed by atoms with E-state index in [0.717, 1.165) is 17.9 Å². The van der Waals surface area contributed by atoms with Gasteiger partial charge in [-0.25, -0.2) is 4.98 Å². The van der Waals surface area contributed by atoms with E-state index in [0.29, 0.717) is 6.42 Å². The van der Waals surface area contributed by atoms with E-state index in [1.54, 1.807) is 12.4 Å². The quantitative estimate of drug-likeness (QED) is 0.785. The molecule has 3 N–H and O–H groups in total. The molecule has 0 aliphatic carbocycles. The molecule has 7 nitrogen and oxygen atoms in total. The van der Waals surface area contributed by atoms with Crippen molar-refractivity contribution < 1.29 is 4.79 Å². The Kier molecular flexibility index (Phi) is 4.47. The van der Waals surface area contributed by atoms with Crippen LogP contribution in [0.2, 0.25) is 0 Å². The van der Waals surface area contributed by atoms with Crippen molar-refractivity contribution in [3.05, 3.63) is 36.2 Å². The van der Waals surface area contributed by atoms with Crippen LogP contribution in [0, 0.1) is 0 Å². The number of aromatic nitrogens is 4. The molecule has 7 heteroatoms. The zero-order valence-corrected chi connectivity index (χ0v) is 13.8. The SMILES string of the molecule is CC(N[C@@H]1CCC(=O)N[C@H]1c1ccnn1C(C)C)c1ncc[nH]1. The molecule has 3 heterocycles. The third-order valence-corrected chi connectivity index (χ3v) is 4.30. The van der Waals surface area contributed by atoms with Crippen LogP contribution in [0.25, 0.3) is 0 Å². The number of H-pyrrole nitrogens is 1. The first-order valence-electron chi connectivity index (χ1n) is 8.14. The molecule has 2 aromatic rings. The lowest BCUT2D eigenvalue weighted by molar-refractivity contribution is -0.124. The maximum Gasteiger partial charge on any atom is 0.220 e. The predicted octanol–water partition coefficient (Wildman–Crippen LogP) is 1.86. The average Bonchev–Trinajstić information content (AvgIpc) is 3.20. The average molecular weight is 316 g/mol. The van der Waals surface area contributed by atoms with Gasteiger partial charge in [0.2, 0.25) is 5.91 Å². The van der Waals surface area contributed by atoms with Gasteiger partial charge in [0.25, 0.3) is 0 Å². The van der Waals surface area contributed by atoms with Gasteiger partial charge in [-0.2, -0.15) is 5.10 Å². The molecular formula is C16H24N6O. The Morgan fingerprint density at radius 3 is 2.87 bits per heavy atom. The van der Waals surface area contributed by atoms with Crippen LogP contribution < -0.4 is 10.6 Å². The highest BCUT2D eigenvalue weighted by molar-refractivity contribution is 5.77. The number of piperidine rings is 1. The molecule has 1 amide bonds. The minimum absolute atomic E-state index is 0.0847. The smallest absolute Gasteiger partial charge is 0.220 e. The van der Waals surface area contributed by atoms with Crippen molar-refractivity contribution in [2.24, 2.45) is 0 Å². The first kappa shape index (κ1) is 15.7. The topological polar surface area (TPSA) is 87.6 Å². The normalized spacial score (nSPS) is 23.0. The van der Waals surface area contributed by atoms with Gasteiger partial charge >= 0.3 is 0 Å². The molecular weight excluding hydrogens is 292 g/mol. The zero-order valence-electron chi connectivity index (χ0n) is 13.8. The zero-order chi connectivity index (χ0) is 16.4. The summed E-state index contributed by atoms with van der Waals surface area (Å²) in [5.74, 6) is 0.994. The van der Waals surface area contributed by atoms with Crippen LogP contribution in [0.3, 0.4) is 0 Å². The first-order chi connectivity index (χ1) is 11.1. The van der Waals surface area contributed by atoms with Crippen molar-refractivity contribution in [1.29, 1.82) is 0 Å².